The number of anilines is 2. The first-order valence-corrected chi connectivity index (χ1v) is 12.4. The maximum atomic E-state index is 13.4. The van der Waals surface area contributed by atoms with Crippen molar-refractivity contribution < 1.29 is 10.0 Å². The molecule has 3 aromatic rings. The highest BCUT2D eigenvalue weighted by atomic mass is 35.5. The van der Waals surface area contributed by atoms with E-state index in [0.717, 1.165) is 49.3 Å². The predicted octanol–water partition coefficient (Wildman–Crippen LogP) is 5.90. The Hall–Kier alpha value is -2.90. The van der Waals surface area contributed by atoms with Gasteiger partial charge in [0.25, 0.3) is 5.91 Å². The number of piperidine rings is 1. The molecule has 5 rings (SSSR count). The standard InChI is InChI=1S/C27H26Cl2N4O2/c28-21-6-7-24-23(17-21)27(18-33(24)26(34)20-8-11-30-25(29)16-20)9-13-32(14-10-27)12-2-4-19-3-1-5-22(15-19)31-35/h1-8,11,15-17,31,35H,9-10,12-14,18H2/b4-2+. The van der Waals surface area contributed by atoms with Gasteiger partial charge in [-0.15, -0.1) is 0 Å². The third kappa shape index (κ3) is 4.93. The number of nitrogens with one attached hydrogen (secondary N) is 1. The predicted molar refractivity (Wildman–Crippen MR) is 141 cm³/mol. The average molecular weight is 509 g/mol. The molecular formula is C27H26Cl2N4O2. The van der Waals surface area contributed by atoms with Crippen LogP contribution < -0.4 is 10.4 Å². The number of amides is 1. The van der Waals surface area contributed by atoms with E-state index in [0.29, 0.717) is 28.0 Å². The zero-order valence-corrected chi connectivity index (χ0v) is 20.6. The second-order valence-electron chi connectivity index (χ2n) is 9.14. The molecule has 8 heteroatoms. The molecule has 1 amide bonds. The smallest absolute Gasteiger partial charge is 0.258 e. The van der Waals surface area contributed by atoms with E-state index in [1.54, 1.807) is 18.3 Å². The monoisotopic (exact) mass is 508 g/mol. The van der Waals surface area contributed by atoms with Crippen LogP contribution in [0.5, 0.6) is 0 Å². The summed E-state index contributed by atoms with van der Waals surface area (Å²) >= 11 is 12.4. The summed E-state index contributed by atoms with van der Waals surface area (Å²) in [5.41, 5.74) is 6.38. The molecule has 2 N–H and O–H groups in total. The summed E-state index contributed by atoms with van der Waals surface area (Å²) in [4.78, 5) is 21.7. The third-order valence-corrected chi connectivity index (χ3v) is 7.44. The highest BCUT2D eigenvalue weighted by molar-refractivity contribution is 6.31. The van der Waals surface area contributed by atoms with Gasteiger partial charge >= 0.3 is 0 Å². The van der Waals surface area contributed by atoms with Gasteiger partial charge in [-0.1, -0.05) is 47.5 Å². The van der Waals surface area contributed by atoms with Crippen LogP contribution in [0.4, 0.5) is 11.4 Å². The zero-order valence-electron chi connectivity index (χ0n) is 19.1. The summed E-state index contributed by atoms with van der Waals surface area (Å²) in [6.07, 6.45) is 7.66. The topological polar surface area (TPSA) is 68.7 Å². The van der Waals surface area contributed by atoms with Crippen LogP contribution in [0.1, 0.15) is 34.3 Å². The summed E-state index contributed by atoms with van der Waals surface area (Å²) in [6.45, 7) is 3.33. The number of nitrogens with zero attached hydrogens (tertiary/aromatic N) is 3. The second kappa shape index (κ2) is 9.99. The maximum absolute atomic E-state index is 13.4. The molecule has 0 aliphatic carbocycles. The largest absolute Gasteiger partial charge is 0.307 e. The van der Waals surface area contributed by atoms with E-state index in [1.807, 2.05) is 47.4 Å². The Morgan fingerprint density at radius 1 is 1.11 bits per heavy atom. The Kier molecular flexibility index (Phi) is 6.80. The van der Waals surface area contributed by atoms with Crippen LogP contribution in [0.3, 0.4) is 0 Å². The third-order valence-electron chi connectivity index (χ3n) is 7.00. The van der Waals surface area contributed by atoms with Gasteiger partial charge in [-0.05, 0) is 79.5 Å². The van der Waals surface area contributed by atoms with E-state index in [9.17, 15) is 4.79 Å². The number of pyridine rings is 1. The molecule has 1 fully saturated rings. The molecule has 2 aliphatic rings. The van der Waals surface area contributed by atoms with Crippen molar-refractivity contribution in [2.24, 2.45) is 0 Å². The fourth-order valence-electron chi connectivity index (χ4n) is 5.15. The fraction of sp³-hybridized carbons (Fsp3) is 0.259. The Morgan fingerprint density at radius 2 is 1.94 bits per heavy atom. The van der Waals surface area contributed by atoms with E-state index >= 15 is 0 Å². The molecule has 1 aromatic heterocycles. The van der Waals surface area contributed by atoms with Gasteiger partial charge in [0.1, 0.15) is 5.15 Å². The summed E-state index contributed by atoms with van der Waals surface area (Å²) in [5, 5.41) is 10.1. The van der Waals surface area contributed by atoms with Gasteiger partial charge in [0.05, 0.1) is 5.69 Å². The minimum atomic E-state index is -0.117. The van der Waals surface area contributed by atoms with E-state index in [2.05, 4.69) is 27.5 Å². The number of fused-ring (bicyclic) bond motifs is 2. The quantitative estimate of drug-likeness (QED) is 0.331. The van der Waals surface area contributed by atoms with E-state index in [1.165, 1.54) is 0 Å². The molecular weight excluding hydrogens is 483 g/mol. The van der Waals surface area contributed by atoms with Crippen LogP contribution in [0, 0.1) is 0 Å². The van der Waals surface area contributed by atoms with Crippen molar-refractivity contribution in [3.8, 4) is 0 Å². The number of rotatable bonds is 5. The summed E-state index contributed by atoms with van der Waals surface area (Å²) in [7, 11) is 0. The number of carbonyl (C=O) groups excluding carboxylic acids is 1. The molecule has 0 saturated carbocycles. The Bertz CT molecular complexity index is 1270. The molecule has 0 bridgehead atoms. The zero-order chi connectivity index (χ0) is 24.4. The maximum Gasteiger partial charge on any atom is 0.258 e. The lowest BCUT2D eigenvalue weighted by Gasteiger charge is -2.39. The minimum absolute atomic E-state index is 0.0697. The van der Waals surface area contributed by atoms with E-state index in [-0.39, 0.29) is 11.3 Å². The number of carbonyl (C=O) groups is 1. The second-order valence-corrected chi connectivity index (χ2v) is 9.96. The first-order valence-electron chi connectivity index (χ1n) is 11.6. The molecule has 180 valence electrons. The lowest BCUT2D eigenvalue weighted by atomic mass is 9.74. The molecule has 0 radical (unpaired) electrons. The highest BCUT2D eigenvalue weighted by Gasteiger charge is 2.46. The highest BCUT2D eigenvalue weighted by Crippen LogP contribution is 2.48. The molecule has 1 spiro atoms. The first kappa shape index (κ1) is 23.8. The van der Waals surface area contributed by atoms with Crippen molar-refractivity contribution in [1.82, 2.24) is 9.88 Å². The molecule has 6 nitrogen and oxygen atoms in total. The van der Waals surface area contributed by atoms with Gasteiger partial charge in [0.15, 0.2) is 0 Å². The molecule has 0 unspecified atom stereocenters. The molecule has 2 aromatic carbocycles. The number of hydrogen-bond acceptors (Lipinski definition) is 5. The van der Waals surface area contributed by atoms with Crippen molar-refractivity contribution in [3.05, 3.63) is 93.7 Å². The van der Waals surface area contributed by atoms with Gasteiger partial charge in [-0.2, -0.15) is 0 Å². The molecule has 35 heavy (non-hydrogen) atoms. The van der Waals surface area contributed by atoms with Crippen LogP contribution in [-0.4, -0.2) is 47.2 Å². The van der Waals surface area contributed by atoms with Crippen molar-refractivity contribution in [2.45, 2.75) is 18.3 Å². The average Bonchev–Trinajstić information content (AvgIpc) is 3.18. The number of halogens is 2. The van der Waals surface area contributed by atoms with Crippen molar-refractivity contribution >= 4 is 46.6 Å². The van der Waals surface area contributed by atoms with Crippen LogP contribution >= 0.6 is 23.2 Å². The molecule has 3 heterocycles. The summed E-state index contributed by atoms with van der Waals surface area (Å²) < 4.78 is 0. The minimum Gasteiger partial charge on any atom is -0.307 e. The van der Waals surface area contributed by atoms with Gasteiger partial charge in [-0.25, -0.2) is 4.98 Å². The van der Waals surface area contributed by atoms with Crippen LogP contribution in [0.15, 0.2) is 66.9 Å². The lowest BCUT2D eigenvalue weighted by Crippen LogP contribution is -2.46. The van der Waals surface area contributed by atoms with Crippen LogP contribution in [0.25, 0.3) is 6.08 Å². The van der Waals surface area contributed by atoms with Gasteiger partial charge in [-0.3, -0.25) is 20.4 Å². The normalized spacial score (nSPS) is 17.2. The first-order chi connectivity index (χ1) is 17.0. The van der Waals surface area contributed by atoms with Crippen LogP contribution in [0.2, 0.25) is 10.2 Å². The number of aromatic nitrogens is 1. The van der Waals surface area contributed by atoms with E-state index in [4.69, 9.17) is 28.4 Å². The SMILES string of the molecule is O=C(c1ccnc(Cl)c1)N1CC2(CCN(C/C=C/c3cccc(NO)c3)CC2)c2cc(Cl)ccc21. The van der Waals surface area contributed by atoms with Gasteiger partial charge in [0, 0.05) is 41.0 Å². The molecule has 2 aliphatic heterocycles. The Balaban J connectivity index is 1.30. The molecule has 1 saturated heterocycles. The van der Waals surface area contributed by atoms with Gasteiger partial charge in [0.2, 0.25) is 0 Å². The molecule has 0 atom stereocenters. The van der Waals surface area contributed by atoms with Crippen molar-refractivity contribution in [3.63, 3.8) is 0 Å². The van der Waals surface area contributed by atoms with Gasteiger partial charge < -0.3 is 4.90 Å². The van der Waals surface area contributed by atoms with Crippen molar-refractivity contribution in [2.75, 3.05) is 36.6 Å². The fourth-order valence-corrected chi connectivity index (χ4v) is 5.50. The van der Waals surface area contributed by atoms with E-state index < -0.39 is 0 Å². The Morgan fingerprint density at radius 3 is 2.71 bits per heavy atom. The Labute approximate surface area is 214 Å². The summed E-state index contributed by atoms with van der Waals surface area (Å²) in [5.74, 6) is -0.0697. The number of hydrogen-bond donors (Lipinski definition) is 2. The van der Waals surface area contributed by atoms with Crippen LogP contribution in [-0.2, 0) is 5.41 Å². The number of likely N-dealkylation sites (tertiary alicyclic amines) is 1. The lowest BCUT2D eigenvalue weighted by molar-refractivity contribution is 0.0977. The van der Waals surface area contributed by atoms with Crippen molar-refractivity contribution in [1.29, 1.82) is 0 Å². The number of benzene rings is 2. The summed E-state index contributed by atoms with van der Waals surface area (Å²) in [6, 6.07) is 16.8.